The zero-order chi connectivity index (χ0) is 19.7. The minimum absolute atomic E-state index is 0.261. The van der Waals surface area contributed by atoms with E-state index in [2.05, 4.69) is 16.0 Å². The second-order valence-corrected chi connectivity index (χ2v) is 7.17. The summed E-state index contributed by atoms with van der Waals surface area (Å²) < 4.78 is 5.20. The van der Waals surface area contributed by atoms with Gasteiger partial charge in [-0.25, -0.2) is 9.59 Å². The van der Waals surface area contributed by atoms with E-state index in [9.17, 15) is 9.59 Å². The molecule has 0 heterocycles. The Labute approximate surface area is 160 Å². The minimum atomic E-state index is -0.513. The lowest BCUT2D eigenvalue weighted by molar-refractivity contribution is 0.0528. The quantitative estimate of drug-likeness (QED) is 0.718. The third kappa shape index (κ3) is 8.27. The number of amides is 3. The molecule has 3 N–H and O–H groups in total. The highest BCUT2D eigenvalue weighted by molar-refractivity contribution is 5.89. The second kappa shape index (κ2) is 9.62. The van der Waals surface area contributed by atoms with E-state index in [0.717, 1.165) is 11.1 Å². The van der Waals surface area contributed by atoms with Crippen LogP contribution in [-0.2, 0) is 17.7 Å². The Hall–Kier alpha value is -3.02. The summed E-state index contributed by atoms with van der Waals surface area (Å²) in [4.78, 5) is 23.7. The van der Waals surface area contributed by atoms with Crippen LogP contribution in [0.3, 0.4) is 0 Å². The Bertz CT molecular complexity index is 755. The maximum Gasteiger partial charge on any atom is 0.407 e. The number of carbonyl (C=O) groups is 2. The number of hydrogen-bond acceptors (Lipinski definition) is 3. The van der Waals surface area contributed by atoms with Crippen LogP contribution in [0.1, 0.15) is 31.9 Å². The molecule has 27 heavy (non-hydrogen) atoms. The molecule has 6 nitrogen and oxygen atoms in total. The predicted molar refractivity (Wildman–Crippen MR) is 107 cm³/mol. The number of alkyl carbamates (subject to hydrolysis) is 1. The molecule has 0 aromatic heterocycles. The molecule has 0 fully saturated rings. The van der Waals surface area contributed by atoms with Crippen LogP contribution >= 0.6 is 0 Å². The summed E-state index contributed by atoms with van der Waals surface area (Å²) in [7, 11) is 0. The predicted octanol–water partition coefficient (Wildman–Crippen LogP) is 4.08. The largest absolute Gasteiger partial charge is 0.444 e. The molecule has 0 aliphatic heterocycles. The normalized spacial score (nSPS) is 10.8. The molecule has 0 aliphatic carbocycles. The van der Waals surface area contributed by atoms with E-state index in [0.29, 0.717) is 25.2 Å². The Morgan fingerprint density at radius 2 is 1.63 bits per heavy atom. The second-order valence-electron chi connectivity index (χ2n) is 7.17. The smallest absolute Gasteiger partial charge is 0.407 e. The molecule has 0 saturated carbocycles. The lowest BCUT2D eigenvalue weighted by Crippen LogP contribution is -2.33. The van der Waals surface area contributed by atoms with E-state index in [1.54, 1.807) is 0 Å². The van der Waals surface area contributed by atoms with Gasteiger partial charge in [0.05, 0.1) is 0 Å². The number of ether oxygens (including phenoxy) is 1. The van der Waals surface area contributed by atoms with Crippen LogP contribution in [0.15, 0.2) is 54.6 Å². The van der Waals surface area contributed by atoms with E-state index in [-0.39, 0.29) is 6.03 Å². The molecule has 2 aromatic rings. The number of carbonyl (C=O) groups excluding carboxylic acids is 2. The lowest BCUT2D eigenvalue weighted by atomic mass is 10.1. The molecule has 3 amide bonds. The molecule has 0 atom stereocenters. The molecule has 0 radical (unpaired) electrons. The van der Waals surface area contributed by atoms with Crippen LogP contribution < -0.4 is 16.0 Å². The average molecular weight is 369 g/mol. The first-order chi connectivity index (χ1) is 12.8. The monoisotopic (exact) mass is 369 g/mol. The molecule has 144 valence electrons. The van der Waals surface area contributed by atoms with Crippen molar-refractivity contribution in [3.63, 3.8) is 0 Å². The summed E-state index contributed by atoms with van der Waals surface area (Å²) in [6.45, 7) is 6.39. The summed E-state index contributed by atoms with van der Waals surface area (Å²) in [5.74, 6) is 0. The van der Waals surface area contributed by atoms with Crippen LogP contribution in [0.25, 0.3) is 0 Å². The van der Waals surface area contributed by atoms with Crippen molar-refractivity contribution in [3.8, 4) is 0 Å². The Balaban J connectivity index is 1.77. The fourth-order valence-electron chi connectivity index (χ4n) is 2.38. The SMILES string of the molecule is CC(C)(C)OC(=O)NCCc1cccc(NC(=O)NCc2ccccc2)c1. The topological polar surface area (TPSA) is 79.5 Å². The van der Waals surface area contributed by atoms with Gasteiger partial charge in [-0.05, 0) is 50.5 Å². The van der Waals surface area contributed by atoms with Crippen LogP contribution in [0.5, 0.6) is 0 Å². The van der Waals surface area contributed by atoms with Gasteiger partial charge in [-0.2, -0.15) is 0 Å². The fourth-order valence-corrected chi connectivity index (χ4v) is 2.38. The minimum Gasteiger partial charge on any atom is -0.444 e. The third-order valence-corrected chi connectivity index (χ3v) is 3.56. The molecule has 6 heteroatoms. The number of anilines is 1. The number of urea groups is 1. The van der Waals surface area contributed by atoms with Crippen LogP contribution in [-0.4, -0.2) is 24.3 Å². The highest BCUT2D eigenvalue weighted by Gasteiger charge is 2.15. The van der Waals surface area contributed by atoms with Gasteiger partial charge in [0.2, 0.25) is 0 Å². The summed E-state index contributed by atoms with van der Waals surface area (Å²) >= 11 is 0. The molecule has 0 bridgehead atoms. The number of hydrogen-bond donors (Lipinski definition) is 3. The molecule has 2 rings (SSSR count). The van der Waals surface area contributed by atoms with E-state index in [4.69, 9.17) is 4.74 Å². The van der Waals surface area contributed by atoms with Crippen molar-refractivity contribution in [1.82, 2.24) is 10.6 Å². The van der Waals surface area contributed by atoms with Crippen LogP contribution in [0, 0.1) is 0 Å². The Kier molecular flexibility index (Phi) is 7.23. The van der Waals surface area contributed by atoms with E-state index >= 15 is 0 Å². The summed E-state index contributed by atoms with van der Waals surface area (Å²) in [6.07, 6.45) is 0.206. The zero-order valence-electron chi connectivity index (χ0n) is 16.0. The van der Waals surface area contributed by atoms with E-state index in [1.165, 1.54) is 0 Å². The molecule has 0 unspecified atom stereocenters. The summed E-state index contributed by atoms with van der Waals surface area (Å²) in [5.41, 5.74) is 2.23. The maximum absolute atomic E-state index is 12.0. The third-order valence-electron chi connectivity index (χ3n) is 3.56. The van der Waals surface area contributed by atoms with Crippen molar-refractivity contribution >= 4 is 17.8 Å². The first-order valence-corrected chi connectivity index (χ1v) is 8.96. The first kappa shape index (κ1) is 20.3. The maximum atomic E-state index is 12.0. The van der Waals surface area contributed by atoms with E-state index in [1.807, 2.05) is 75.4 Å². The molecule has 0 spiro atoms. The average Bonchev–Trinajstić information content (AvgIpc) is 2.60. The fraction of sp³-hybridized carbons (Fsp3) is 0.333. The van der Waals surface area contributed by atoms with Gasteiger partial charge in [-0.1, -0.05) is 42.5 Å². The van der Waals surface area contributed by atoms with Crippen molar-refractivity contribution in [2.75, 3.05) is 11.9 Å². The summed E-state index contributed by atoms with van der Waals surface area (Å²) in [5, 5.41) is 8.37. The van der Waals surface area contributed by atoms with Gasteiger partial charge in [-0.3, -0.25) is 0 Å². The molecule has 2 aromatic carbocycles. The highest BCUT2D eigenvalue weighted by atomic mass is 16.6. The first-order valence-electron chi connectivity index (χ1n) is 8.96. The standard InChI is InChI=1S/C21H27N3O3/c1-21(2,3)27-20(26)22-13-12-16-10-7-11-18(14-16)24-19(25)23-15-17-8-5-4-6-9-17/h4-11,14H,12-13,15H2,1-3H3,(H,22,26)(H2,23,24,25). The van der Waals surface area contributed by atoms with Crippen LogP contribution in [0.4, 0.5) is 15.3 Å². The van der Waals surface area contributed by atoms with Gasteiger partial charge in [0.15, 0.2) is 0 Å². The molecule has 0 aliphatic rings. The zero-order valence-corrected chi connectivity index (χ0v) is 16.0. The van der Waals surface area contributed by atoms with Crippen molar-refractivity contribution in [1.29, 1.82) is 0 Å². The van der Waals surface area contributed by atoms with Gasteiger partial charge >= 0.3 is 12.1 Å². The number of benzene rings is 2. The van der Waals surface area contributed by atoms with Gasteiger partial charge < -0.3 is 20.7 Å². The number of rotatable bonds is 6. The molecular weight excluding hydrogens is 342 g/mol. The highest BCUT2D eigenvalue weighted by Crippen LogP contribution is 2.11. The molecular formula is C21H27N3O3. The Morgan fingerprint density at radius 3 is 2.33 bits per heavy atom. The Morgan fingerprint density at radius 1 is 0.926 bits per heavy atom. The van der Waals surface area contributed by atoms with Crippen molar-refractivity contribution in [2.24, 2.45) is 0 Å². The van der Waals surface area contributed by atoms with E-state index < -0.39 is 11.7 Å². The van der Waals surface area contributed by atoms with Crippen molar-refractivity contribution < 1.29 is 14.3 Å². The van der Waals surface area contributed by atoms with Crippen LogP contribution in [0.2, 0.25) is 0 Å². The van der Waals surface area contributed by atoms with Gasteiger partial charge in [0.25, 0.3) is 0 Å². The molecule has 0 saturated heterocycles. The van der Waals surface area contributed by atoms with Crippen molar-refractivity contribution in [3.05, 3.63) is 65.7 Å². The van der Waals surface area contributed by atoms with Gasteiger partial charge in [0, 0.05) is 18.8 Å². The van der Waals surface area contributed by atoms with Gasteiger partial charge in [0.1, 0.15) is 5.60 Å². The lowest BCUT2D eigenvalue weighted by Gasteiger charge is -2.19. The summed E-state index contributed by atoms with van der Waals surface area (Å²) in [6, 6.07) is 17.0. The van der Waals surface area contributed by atoms with Gasteiger partial charge in [-0.15, -0.1) is 0 Å². The van der Waals surface area contributed by atoms with Crippen molar-refractivity contribution in [2.45, 2.75) is 39.3 Å². The number of nitrogens with one attached hydrogen (secondary N) is 3.